The molecule has 0 aliphatic carbocycles. The molecular weight excluding hydrogens is 396 g/mol. The second-order valence-corrected chi connectivity index (χ2v) is 8.58. The van der Waals surface area contributed by atoms with Crippen LogP contribution in [0.2, 0.25) is 5.02 Å². The highest BCUT2D eigenvalue weighted by molar-refractivity contribution is 6.31. The average Bonchev–Trinajstić information content (AvgIpc) is 2.67. The number of benzene rings is 1. The Balaban J connectivity index is 1.60. The summed E-state index contributed by atoms with van der Waals surface area (Å²) in [6.45, 7) is 10.1. The van der Waals surface area contributed by atoms with E-state index in [-0.39, 0.29) is 12.1 Å². The summed E-state index contributed by atoms with van der Waals surface area (Å²) in [4.78, 5) is 30.5. The van der Waals surface area contributed by atoms with Crippen LogP contribution in [0.3, 0.4) is 0 Å². The van der Waals surface area contributed by atoms with Gasteiger partial charge in [0.05, 0.1) is 24.6 Å². The van der Waals surface area contributed by atoms with Gasteiger partial charge in [-0.25, -0.2) is 9.59 Å². The first-order chi connectivity index (χ1) is 13.7. The zero-order valence-corrected chi connectivity index (χ0v) is 18.0. The summed E-state index contributed by atoms with van der Waals surface area (Å²) in [6.07, 6.45) is -0.345. The van der Waals surface area contributed by atoms with Crippen molar-refractivity contribution < 1.29 is 19.1 Å². The molecule has 0 atom stereocenters. The molecule has 0 spiro atoms. The molecule has 0 bridgehead atoms. The van der Waals surface area contributed by atoms with E-state index >= 15 is 0 Å². The minimum atomic E-state index is -0.534. The summed E-state index contributed by atoms with van der Waals surface area (Å²) in [5.41, 5.74) is 1.08. The molecule has 1 aromatic rings. The van der Waals surface area contributed by atoms with Gasteiger partial charge in [-0.15, -0.1) is 0 Å². The van der Waals surface area contributed by atoms with Crippen molar-refractivity contribution in [2.24, 2.45) is 0 Å². The van der Waals surface area contributed by atoms with Crippen molar-refractivity contribution in [3.05, 3.63) is 23.2 Å². The summed E-state index contributed by atoms with van der Waals surface area (Å²) >= 11 is 6.17. The molecule has 8 nitrogen and oxygen atoms in total. The summed E-state index contributed by atoms with van der Waals surface area (Å²) in [7, 11) is 0. The molecule has 2 aliphatic heterocycles. The van der Waals surface area contributed by atoms with E-state index in [0.29, 0.717) is 50.1 Å². The van der Waals surface area contributed by atoms with Crippen LogP contribution in [-0.4, -0.2) is 80.0 Å². The number of amides is 3. The topological polar surface area (TPSA) is 74.4 Å². The number of nitrogens with one attached hydrogen (secondary N) is 1. The lowest BCUT2D eigenvalue weighted by Gasteiger charge is -2.36. The van der Waals surface area contributed by atoms with E-state index in [4.69, 9.17) is 21.1 Å². The highest BCUT2D eigenvalue weighted by Gasteiger charge is 2.28. The lowest BCUT2D eigenvalue weighted by atomic mass is 10.2. The van der Waals surface area contributed by atoms with Gasteiger partial charge < -0.3 is 29.5 Å². The van der Waals surface area contributed by atoms with Crippen molar-refractivity contribution in [2.75, 3.05) is 62.7 Å². The fraction of sp³-hybridized carbons (Fsp3) is 0.600. The third-order valence-corrected chi connectivity index (χ3v) is 5.01. The van der Waals surface area contributed by atoms with Crippen LogP contribution in [0.5, 0.6) is 0 Å². The van der Waals surface area contributed by atoms with Crippen LogP contribution in [0.15, 0.2) is 18.2 Å². The number of carbonyl (C=O) groups excluding carboxylic acids is 2. The first-order valence-corrected chi connectivity index (χ1v) is 10.3. The van der Waals surface area contributed by atoms with Crippen LogP contribution in [0.25, 0.3) is 0 Å². The lowest BCUT2D eigenvalue weighted by Crippen LogP contribution is -2.52. The Hall–Kier alpha value is -2.19. The monoisotopic (exact) mass is 424 g/mol. The average molecular weight is 425 g/mol. The van der Waals surface area contributed by atoms with E-state index in [0.717, 1.165) is 18.8 Å². The highest BCUT2D eigenvalue weighted by Crippen LogP contribution is 2.30. The van der Waals surface area contributed by atoms with E-state index in [9.17, 15) is 9.59 Å². The van der Waals surface area contributed by atoms with E-state index < -0.39 is 5.60 Å². The minimum Gasteiger partial charge on any atom is -0.444 e. The number of hydrogen-bond donors (Lipinski definition) is 1. The number of rotatable bonds is 2. The predicted octanol–water partition coefficient (Wildman–Crippen LogP) is 3.26. The fourth-order valence-corrected chi connectivity index (χ4v) is 3.47. The van der Waals surface area contributed by atoms with Gasteiger partial charge in [0.1, 0.15) is 5.60 Å². The molecule has 0 saturated carbocycles. The van der Waals surface area contributed by atoms with Crippen molar-refractivity contribution >= 4 is 35.1 Å². The smallest absolute Gasteiger partial charge is 0.410 e. The molecule has 0 unspecified atom stereocenters. The van der Waals surface area contributed by atoms with Gasteiger partial charge in [0.25, 0.3) is 0 Å². The largest absolute Gasteiger partial charge is 0.444 e. The van der Waals surface area contributed by atoms with Gasteiger partial charge in [-0.2, -0.15) is 0 Å². The van der Waals surface area contributed by atoms with Crippen LogP contribution in [0, 0.1) is 0 Å². The van der Waals surface area contributed by atoms with Gasteiger partial charge in [-0.1, -0.05) is 11.6 Å². The number of anilines is 2. The first-order valence-electron chi connectivity index (χ1n) is 9.89. The summed E-state index contributed by atoms with van der Waals surface area (Å²) in [5, 5.41) is 3.55. The normalized spacial score (nSPS) is 17.9. The molecule has 160 valence electrons. The van der Waals surface area contributed by atoms with E-state index in [1.165, 1.54) is 0 Å². The number of halogens is 1. The van der Waals surface area contributed by atoms with Gasteiger partial charge in [0, 0.05) is 44.3 Å². The first kappa shape index (κ1) is 21.5. The Morgan fingerprint density at radius 2 is 1.66 bits per heavy atom. The Morgan fingerprint density at radius 3 is 2.28 bits per heavy atom. The SMILES string of the molecule is CC(C)(C)OC(=O)N1CCN(C(=O)Nc2cc(Cl)ccc2N2CCOCC2)CC1. The van der Waals surface area contributed by atoms with Gasteiger partial charge in [-0.05, 0) is 39.0 Å². The number of nitrogens with zero attached hydrogens (tertiary/aromatic N) is 3. The van der Waals surface area contributed by atoms with Crippen LogP contribution in [0.1, 0.15) is 20.8 Å². The van der Waals surface area contributed by atoms with Gasteiger partial charge >= 0.3 is 12.1 Å². The lowest BCUT2D eigenvalue weighted by molar-refractivity contribution is 0.0174. The standard InChI is InChI=1S/C20H29ClN4O4/c1-20(2,3)29-19(27)25-8-6-24(7-9-25)18(26)22-16-14-15(21)4-5-17(16)23-10-12-28-13-11-23/h4-5,14H,6-13H2,1-3H3,(H,22,26). The number of ether oxygens (including phenoxy) is 2. The zero-order valence-electron chi connectivity index (χ0n) is 17.2. The van der Waals surface area contributed by atoms with Crippen molar-refractivity contribution in [2.45, 2.75) is 26.4 Å². The second kappa shape index (κ2) is 9.09. The third-order valence-electron chi connectivity index (χ3n) is 4.77. The maximum Gasteiger partial charge on any atom is 0.410 e. The third kappa shape index (κ3) is 5.90. The fourth-order valence-electron chi connectivity index (χ4n) is 3.30. The minimum absolute atomic E-state index is 0.203. The molecule has 2 aliphatic rings. The number of carbonyl (C=O) groups is 2. The maximum absolute atomic E-state index is 12.8. The van der Waals surface area contributed by atoms with Crippen LogP contribution >= 0.6 is 11.6 Å². The predicted molar refractivity (Wildman–Crippen MR) is 113 cm³/mol. The van der Waals surface area contributed by atoms with Gasteiger partial charge in [0.15, 0.2) is 0 Å². The number of piperazine rings is 1. The van der Waals surface area contributed by atoms with E-state index in [2.05, 4.69) is 10.2 Å². The molecule has 2 heterocycles. The van der Waals surface area contributed by atoms with Gasteiger partial charge in [-0.3, -0.25) is 0 Å². The molecule has 3 amide bonds. The van der Waals surface area contributed by atoms with Crippen LogP contribution in [-0.2, 0) is 9.47 Å². The molecule has 1 N–H and O–H groups in total. The van der Waals surface area contributed by atoms with Crippen LogP contribution < -0.4 is 10.2 Å². The van der Waals surface area contributed by atoms with E-state index in [1.54, 1.807) is 15.9 Å². The molecule has 3 rings (SSSR count). The van der Waals surface area contributed by atoms with Crippen molar-refractivity contribution in [3.8, 4) is 0 Å². The Kier molecular flexibility index (Phi) is 6.74. The number of morpholine rings is 1. The molecule has 9 heteroatoms. The molecule has 2 fully saturated rings. The van der Waals surface area contributed by atoms with Gasteiger partial charge in [0.2, 0.25) is 0 Å². The molecule has 1 aromatic carbocycles. The summed E-state index contributed by atoms with van der Waals surface area (Å²) < 4.78 is 10.8. The molecule has 0 radical (unpaired) electrons. The maximum atomic E-state index is 12.8. The summed E-state index contributed by atoms with van der Waals surface area (Å²) in [5.74, 6) is 0. The number of hydrogen-bond acceptors (Lipinski definition) is 5. The highest BCUT2D eigenvalue weighted by atomic mass is 35.5. The number of urea groups is 1. The van der Waals surface area contributed by atoms with Crippen LogP contribution in [0.4, 0.5) is 21.0 Å². The Labute approximate surface area is 176 Å². The second-order valence-electron chi connectivity index (χ2n) is 8.15. The van der Waals surface area contributed by atoms with Crippen molar-refractivity contribution in [1.29, 1.82) is 0 Å². The summed E-state index contributed by atoms with van der Waals surface area (Å²) in [6, 6.07) is 5.30. The zero-order chi connectivity index (χ0) is 21.0. The van der Waals surface area contributed by atoms with E-state index in [1.807, 2.05) is 32.9 Å². The molecular formula is C20H29ClN4O4. The van der Waals surface area contributed by atoms with Crippen molar-refractivity contribution in [1.82, 2.24) is 9.80 Å². The molecule has 0 aromatic heterocycles. The molecule has 2 saturated heterocycles. The van der Waals surface area contributed by atoms with Crippen molar-refractivity contribution in [3.63, 3.8) is 0 Å². The Morgan fingerprint density at radius 1 is 1.03 bits per heavy atom. The Bertz CT molecular complexity index is 738. The molecule has 29 heavy (non-hydrogen) atoms. The quantitative estimate of drug-likeness (QED) is 0.788.